The summed E-state index contributed by atoms with van der Waals surface area (Å²) in [5, 5.41) is 8.50. The lowest BCUT2D eigenvalue weighted by Gasteiger charge is -2.10. The monoisotopic (exact) mass is 300 g/mol. The highest BCUT2D eigenvalue weighted by Gasteiger charge is 2.33. The molecular formula is C7HBrClF3N2O. The van der Waals surface area contributed by atoms with Crippen LogP contribution in [0.2, 0.25) is 5.15 Å². The van der Waals surface area contributed by atoms with Gasteiger partial charge in [-0.1, -0.05) is 11.6 Å². The van der Waals surface area contributed by atoms with Crippen molar-refractivity contribution >= 4 is 27.5 Å². The molecule has 0 aliphatic heterocycles. The number of halogens is 5. The molecule has 0 aliphatic carbocycles. The van der Waals surface area contributed by atoms with E-state index in [0.29, 0.717) is 0 Å². The fraction of sp³-hybridized carbons (Fsp3) is 0.143. The third kappa shape index (κ3) is 2.97. The van der Waals surface area contributed by atoms with Crippen molar-refractivity contribution in [1.82, 2.24) is 4.98 Å². The van der Waals surface area contributed by atoms with Gasteiger partial charge in [-0.05, 0) is 15.9 Å². The summed E-state index contributed by atoms with van der Waals surface area (Å²) in [5.74, 6) is -0.693. The molecule has 80 valence electrons. The first kappa shape index (κ1) is 12.1. The molecule has 15 heavy (non-hydrogen) atoms. The van der Waals surface area contributed by atoms with Gasteiger partial charge in [0.1, 0.15) is 16.8 Å². The molecule has 0 unspecified atom stereocenters. The second kappa shape index (κ2) is 4.24. The second-order valence-electron chi connectivity index (χ2n) is 2.26. The van der Waals surface area contributed by atoms with Crippen molar-refractivity contribution in [3.8, 4) is 11.8 Å². The van der Waals surface area contributed by atoms with E-state index in [1.54, 1.807) is 0 Å². The molecule has 1 aromatic heterocycles. The van der Waals surface area contributed by atoms with E-state index in [2.05, 4.69) is 25.7 Å². The topological polar surface area (TPSA) is 45.9 Å². The van der Waals surface area contributed by atoms with Gasteiger partial charge in [0.2, 0.25) is 0 Å². The van der Waals surface area contributed by atoms with Crippen molar-refractivity contribution in [2.75, 3.05) is 0 Å². The van der Waals surface area contributed by atoms with E-state index >= 15 is 0 Å². The molecule has 0 amide bonds. The zero-order valence-corrected chi connectivity index (χ0v) is 9.11. The summed E-state index contributed by atoms with van der Waals surface area (Å²) in [6, 6.07) is 1.53. The maximum absolute atomic E-state index is 11.9. The maximum Gasteiger partial charge on any atom is 0.573 e. The Morgan fingerprint density at radius 1 is 1.53 bits per heavy atom. The molecule has 1 rings (SSSR count). The van der Waals surface area contributed by atoms with Gasteiger partial charge in [-0.2, -0.15) is 5.26 Å². The zero-order valence-electron chi connectivity index (χ0n) is 6.77. The van der Waals surface area contributed by atoms with Gasteiger partial charge >= 0.3 is 6.36 Å². The summed E-state index contributed by atoms with van der Waals surface area (Å²) in [6.45, 7) is 0. The Morgan fingerprint density at radius 3 is 2.60 bits per heavy atom. The molecule has 8 heteroatoms. The highest BCUT2D eigenvalue weighted by molar-refractivity contribution is 9.10. The van der Waals surface area contributed by atoms with E-state index < -0.39 is 12.1 Å². The third-order valence-corrected chi connectivity index (χ3v) is 2.57. The Kier molecular flexibility index (Phi) is 3.42. The molecule has 0 atom stereocenters. The minimum Gasteiger partial charge on any atom is -0.403 e. The van der Waals surface area contributed by atoms with Crippen molar-refractivity contribution in [3.63, 3.8) is 0 Å². The van der Waals surface area contributed by atoms with Crippen LogP contribution in [0.15, 0.2) is 10.7 Å². The summed E-state index contributed by atoms with van der Waals surface area (Å²) in [5.41, 5.74) is -0.354. The van der Waals surface area contributed by atoms with Crippen LogP contribution >= 0.6 is 27.5 Å². The van der Waals surface area contributed by atoms with Gasteiger partial charge in [0, 0.05) is 0 Å². The quantitative estimate of drug-likeness (QED) is 0.748. The first-order valence-electron chi connectivity index (χ1n) is 3.35. The number of rotatable bonds is 1. The summed E-state index contributed by atoms with van der Waals surface area (Å²) in [4.78, 5) is 3.41. The van der Waals surface area contributed by atoms with Crippen LogP contribution in [-0.4, -0.2) is 11.3 Å². The first-order valence-corrected chi connectivity index (χ1v) is 4.52. The summed E-state index contributed by atoms with van der Waals surface area (Å²) in [7, 11) is 0. The van der Waals surface area contributed by atoms with Gasteiger partial charge in [0.15, 0.2) is 5.75 Å². The average Bonchev–Trinajstić information content (AvgIpc) is 2.10. The molecular weight excluding hydrogens is 300 g/mol. The van der Waals surface area contributed by atoms with E-state index in [4.69, 9.17) is 16.9 Å². The number of nitrogens with zero attached hydrogens (tertiary/aromatic N) is 2. The highest BCUT2D eigenvalue weighted by atomic mass is 79.9. The minimum atomic E-state index is -4.87. The number of hydrogen-bond acceptors (Lipinski definition) is 3. The number of alkyl halides is 3. The smallest absolute Gasteiger partial charge is 0.403 e. The van der Waals surface area contributed by atoms with Gasteiger partial charge in [-0.3, -0.25) is 0 Å². The average molecular weight is 301 g/mol. The van der Waals surface area contributed by atoms with Crippen molar-refractivity contribution in [2.24, 2.45) is 0 Å². The molecule has 0 bridgehead atoms. The van der Waals surface area contributed by atoms with Crippen LogP contribution in [-0.2, 0) is 0 Å². The van der Waals surface area contributed by atoms with Crippen LogP contribution < -0.4 is 4.74 Å². The Labute approximate surface area is 95.6 Å². The van der Waals surface area contributed by atoms with Gasteiger partial charge in [0.05, 0.1) is 10.7 Å². The molecule has 0 saturated heterocycles. The molecule has 1 aromatic rings. The van der Waals surface area contributed by atoms with Crippen molar-refractivity contribution in [2.45, 2.75) is 6.36 Å². The fourth-order valence-corrected chi connectivity index (χ4v) is 1.28. The Hall–Kier alpha value is -1.00. The predicted molar refractivity (Wildman–Crippen MR) is 48.3 cm³/mol. The van der Waals surface area contributed by atoms with Gasteiger partial charge < -0.3 is 4.74 Å². The van der Waals surface area contributed by atoms with E-state index in [0.717, 1.165) is 6.20 Å². The van der Waals surface area contributed by atoms with E-state index in [1.165, 1.54) is 6.07 Å². The van der Waals surface area contributed by atoms with E-state index in [-0.39, 0.29) is 15.2 Å². The van der Waals surface area contributed by atoms with Crippen LogP contribution in [0, 0.1) is 11.3 Å². The van der Waals surface area contributed by atoms with Crippen molar-refractivity contribution in [1.29, 1.82) is 5.26 Å². The van der Waals surface area contributed by atoms with Crippen LogP contribution in [0.4, 0.5) is 13.2 Å². The maximum atomic E-state index is 11.9. The van der Waals surface area contributed by atoms with Gasteiger partial charge in [0.25, 0.3) is 0 Å². The first-order chi connectivity index (χ1) is 6.85. The Bertz CT molecular complexity index is 429. The van der Waals surface area contributed by atoms with E-state index in [9.17, 15) is 13.2 Å². The molecule has 0 aromatic carbocycles. The highest BCUT2D eigenvalue weighted by Crippen LogP contribution is 2.33. The molecule has 0 N–H and O–H groups in total. The lowest BCUT2D eigenvalue weighted by molar-refractivity contribution is -0.274. The standard InChI is InChI=1S/C7HBrClF3N2O/c8-5-3(1-13)4(2-14-6(5)9)15-7(10,11)12/h2H. The number of nitriles is 1. The number of ether oxygens (including phenoxy) is 1. The normalized spacial score (nSPS) is 10.9. The van der Waals surface area contributed by atoms with Crippen LogP contribution in [0.3, 0.4) is 0 Å². The van der Waals surface area contributed by atoms with Crippen molar-refractivity contribution in [3.05, 3.63) is 21.4 Å². The molecule has 1 heterocycles. The Balaban J connectivity index is 3.21. The summed E-state index contributed by atoms with van der Waals surface area (Å²) < 4.78 is 39.2. The molecule has 3 nitrogen and oxygen atoms in total. The van der Waals surface area contributed by atoms with Crippen LogP contribution in [0.1, 0.15) is 5.56 Å². The van der Waals surface area contributed by atoms with E-state index in [1.807, 2.05) is 0 Å². The second-order valence-corrected chi connectivity index (χ2v) is 3.41. The van der Waals surface area contributed by atoms with Crippen LogP contribution in [0.5, 0.6) is 5.75 Å². The molecule has 0 spiro atoms. The summed E-state index contributed by atoms with van der Waals surface area (Å²) in [6.07, 6.45) is -4.14. The molecule has 0 fully saturated rings. The Morgan fingerprint density at radius 2 is 2.13 bits per heavy atom. The minimum absolute atomic E-state index is 0.0339. The lowest BCUT2D eigenvalue weighted by atomic mass is 10.3. The number of hydrogen-bond donors (Lipinski definition) is 0. The van der Waals surface area contributed by atoms with Crippen LogP contribution in [0.25, 0.3) is 0 Å². The zero-order chi connectivity index (χ0) is 11.6. The molecule has 0 aliphatic rings. The predicted octanol–water partition coefficient (Wildman–Crippen LogP) is 3.27. The molecule has 0 saturated carbocycles. The lowest BCUT2D eigenvalue weighted by Crippen LogP contribution is -2.18. The largest absolute Gasteiger partial charge is 0.573 e. The number of pyridine rings is 1. The SMILES string of the molecule is N#Cc1c(OC(F)(F)F)cnc(Cl)c1Br. The third-order valence-electron chi connectivity index (χ3n) is 1.28. The fourth-order valence-electron chi connectivity index (χ4n) is 0.754. The van der Waals surface area contributed by atoms with Gasteiger partial charge in [-0.25, -0.2) is 4.98 Å². The van der Waals surface area contributed by atoms with Gasteiger partial charge in [-0.15, -0.1) is 13.2 Å². The number of aromatic nitrogens is 1. The molecule has 0 radical (unpaired) electrons. The summed E-state index contributed by atoms with van der Waals surface area (Å²) >= 11 is 8.32. The van der Waals surface area contributed by atoms with Crippen molar-refractivity contribution < 1.29 is 17.9 Å².